The number of halogens is 1. The number of amides is 2. The monoisotopic (exact) mass is 342 g/mol. The van der Waals surface area contributed by atoms with E-state index in [-0.39, 0.29) is 24.5 Å². The van der Waals surface area contributed by atoms with E-state index in [0.717, 1.165) is 23.4 Å². The predicted octanol–water partition coefficient (Wildman–Crippen LogP) is 3.09. The molecule has 2 N–H and O–H groups in total. The van der Waals surface area contributed by atoms with Gasteiger partial charge in [0.05, 0.1) is 11.7 Å². The van der Waals surface area contributed by atoms with Gasteiger partial charge in [0.1, 0.15) is 5.75 Å². The number of ether oxygens (including phenoxy) is 1. The lowest BCUT2D eigenvalue weighted by Crippen LogP contribution is -2.28. The normalized spacial score (nSPS) is 18.2. The molecule has 0 unspecified atom stereocenters. The van der Waals surface area contributed by atoms with Gasteiger partial charge in [-0.1, -0.05) is 17.7 Å². The minimum atomic E-state index is -0.194. The van der Waals surface area contributed by atoms with Crippen LogP contribution in [0.2, 0.25) is 5.02 Å². The summed E-state index contributed by atoms with van der Waals surface area (Å²) in [6, 6.07) is 10.8. The minimum absolute atomic E-state index is 0.0126. The molecule has 122 valence electrons. The van der Waals surface area contributed by atoms with E-state index in [9.17, 15) is 9.59 Å². The lowest BCUT2D eigenvalue weighted by molar-refractivity contribution is -0.118. The summed E-state index contributed by atoms with van der Waals surface area (Å²) in [7, 11) is 0. The summed E-state index contributed by atoms with van der Waals surface area (Å²) < 4.78 is 5.36. The summed E-state index contributed by atoms with van der Waals surface area (Å²) in [5.41, 5.74) is 3.40. The predicted molar refractivity (Wildman–Crippen MR) is 90.5 cm³/mol. The Bertz CT molecular complexity index is 850. The SMILES string of the molecule is O=C1COc2cc(C(=O)N[C@@H]3CCc4cc(Cl)ccc43)ccc2N1. The highest BCUT2D eigenvalue weighted by Gasteiger charge is 2.25. The van der Waals surface area contributed by atoms with E-state index >= 15 is 0 Å². The molecule has 6 heteroatoms. The van der Waals surface area contributed by atoms with Crippen LogP contribution in [0.15, 0.2) is 36.4 Å². The lowest BCUT2D eigenvalue weighted by Gasteiger charge is -2.19. The first-order valence-corrected chi connectivity index (χ1v) is 8.14. The number of benzene rings is 2. The van der Waals surface area contributed by atoms with Crippen molar-refractivity contribution in [2.45, 2.75) is 18.9 Å². The Morgan fingerprint density at radius 1 is 1.25 bits per heavy atom. The third kappa shape index (κ3) is 2.71. The average molecular weight is 343 g/mol. The van der Waals surface area contributed by atoms with Gasteiger partial charge in [-0.05, 0) is 54.3 Å². The van der Waals surface area contributed by atoms with Gasteiger partial charge in [0.15, 0.2) is 6.61 Å². The summed E-state index contributed by atoms with van der Waals surface area (Å²) in [5.74, 6) is 0.160. The molecule has 1 aliphatic carbocycles. The van der Waals surface area contributed by atoms with E-state index in [4.69, 9.17) is 16.3 Å². The van der Waals surface area contributed by atoms with E-state index in [2.05, 4.69) is 10.6 Å². The summed E-state index contributed by atoms with van der Waals surface area (Å²) in [5, 5.41) is 6.49. The molecular formula is C18H15ClN2O3. The molecule has 0 radical (unpaired) electrons. The van der Waals surface area contributed by atoms with Crippen LogP contribution >= 0.6 is 11.6 Å². The topological polar surface area (TPSA) is 67.4 Å². The number of nitrogens with one attached hydrogen (secondary N) is 2. The number of fused-ring (bicyclic) bond motifs is 2. The molecule has 0 bridgehead atoms. The van der Waals surface area contributed by atoms with E-state index in [1.165, 1.54) is 5.56 Å². The third-order valence-corrected chi connectivity index (χ3v) is 4.60. The molecule has 1 heterocycles. The van der Waals surface area contributed by atoms with Crippen LogP contribution in [0.3, 0.4) is 0 Å². The number of hydrogen-bond acceptors (Lipinski definition) is 3. The van der Waals surface area contributed by atoms with E-state index in [0.29, 0.717) is 17.0 Å². The van der Waals surface area contributed by atoms with Crippen LogP contribution in [0.4, 0.5) is 5.69 Å². The van der Waals surface area contributed by atoms with Crippen LogP contribution in [0.1, 0.15) is 33.9 Å². The molecule has 0 spiro atoms. The first kappa shape index (κ1) is 15.0. The quantitative estimate of drug-likeness (QED) is 0.881. The van der Waals surface area contributed by atoms with Gasteiger partial charge < -0.3 is 15.4 Å². The number of rotatable bonds is 2. The smallest absolute Gasteiger partial charge is 0.262 e. The summed E-state index contributed by atoms with van der Waals surface area (Å²) >= 11 is 6.02. The van der Waals surface area contributed by atoms with E-state index < -0.39 is 0 Å². The summed E-state index contributed by atoms with van der Waals surface area (Å²) in [6.45, 7) is -0.0329. The fourth-order valence-corrected chi connectivity index (χ4v) is 3.39. The van der Waals surface area contributed by atoms with Crippen LogP contribution < -0.4 is 15.4 Å². The zero-order valence-electron chi connectivity index (χ0n) is 12.8. The van der Waals surface area contributed by atoms with Gasteiger partial charge in [-0.3, -0.25) is 9.59 Å². The molecule has 0 aromatic heterocycles. The van der Waals surface area contributed by atoms with Crippen molar-refractivity contribution >= 4 is 29.1 Å². The van der Waals surface area contributed by atoms with E-state index in [1.807, 2.05) is 18.2 Å². The summed E-state index contributed by atoms with van der Waals surface area (Å²) in [4.78, 5) is 23.8. The second-order valence-electron chi connectivity index (χ2n) is 5.96. The van der Waals surface area contributed by atoms with Crippen LogP contribution in [0.25, 0.3) is 0 Å². The van der Waals surface area contributed by atoms with Crippen molar-refractivity contribution in [3.05, 3.63) is 58.1 Å². The van der Waals surface area contributed by atoms with Crippen molar-refractivity contribution in [1.29, 1.82) is 0 Å². The number of carbonyl (C=O) groups excluding carboxylic acids is 2. The van der Waals surface area contributed by atoms with Crippen molar-refractivity contribution in [2.75, 3.05) is 11.9 Å². The largest absolute Gasteiger partial charge is 0.482 e. The van der Waals surface area contributed by atoms with Crippen molar-refractivity contribution in [1.82, 2.24) is 5.32 Å². The molecule has 1 aliphatic heterocycles. The fourth-order valence-electron chi connectivity index (χ4n) is 3.19. The molecule has 2 aliphatic rings. The molecule has 1 atom stereocenters. The average Bonchev–Trinajstić information content (AvgIpc) is 2.96. The standard InChI is InChI=1S/C18H15ClN2O3/c19-12-3-4-13-10(7-12)1-5-14(13)21-18(23)11-2-6-15-16(8-11)24-9-17(22)20-15/h2-4,6-8,14H,1,5,9H2,(H,20,22)(H,21,23)/t14-/m1/s1. The van der Waals surface area contributed by atoms with Crippen molar-refractivity contribution in [3.8, 4) is 5.75 Å². The van der Waals surface area contributed by atoms with Crippen LogP contribution in [0, 0.1) is 0 Å². The highest BCUT2D eigenvalue weighted by molar-refractivity contribution is 6.30. The molecule has 0 fully saturated rings. The zero-order valence-corrected chi connectivity index (χ0v) is 13.5. The maximum absolute atomic E-state index is 12.5. The molecule has 0 saturated heterocycles. The Balaban J connectivity index is 1.53. The Kier molecular flexibility index (Phi) is 3.65. The molecule has 0 saturated carbocycles. The van der Waals surface area contributed by atoms with Gasteiger partial charge in [-0.25, -0.2) is 0 Å². The number of carbonyl (C=O) groups is 2. The lowest BCUT2D eigenvalue weighted by atomic mass is 10.1. The van der Waals surface area contributed by atoms with Gasteiger partial charge in [0.25, 0.3) is 11.8 Å². The van der Waals surface area contributed by atoms with Crippen LogP contribution in [-0.2, 0) is 11.2 Å². The van der Waals surface area contributed by atoms with Crippen molar-refractivity contribution in [2.24, 2.45) is 0 Å². The van der Waals surface area contributed by atoms with Gasteiger partial charge in [-0.2, -0.15) is 0 Å². The second-order valence-corrected chi connectivity index (χ2v) is 6.39. The molecule has 2 aromatic carbocycles. The molecular weight excluding hydrogens is 328 g/mol. The zero-order chi connectivity index (χ0) is 16.7. The van der Waals surface area contributed by atoms with E-state index in [1.54, 1.807) is 18.2 Å². The van der Waals surface area contributed by atoms with Crippen LogP contribution in [0.5, 0.6) is 5.75 Å². The molecule has 24 heavy (non-hydrogen) atoms. The maximum Gasteiger partial charge on any atom is 0.262 e. The molecule has 2 aromatic rings. The Hall–Kier alpha value is -2.53. The van der Waals surface area contributed by atoms with Gasteiger partial charge in [0.2, 0.25) is 0 Å². The molecule has 4 rings (SSSR count). The Labute approximate surface area is 144 Å². The van der Waals surface area contributed by atoms with Crippen molar-refractivity contribution < 1.29 is 14.3 Å². The highest BCUT2D eigenvalue weighted by atomic mass is 35.5. The highest BCUT2D eigenvalue weighted by Crippen LogP contribution is 2.33. The minimum Gasteiger partial charge on any atom is -0.482 e. The fraction of sp³-hybridized carbons (Fsp3) is 0.222. The first-order chi connectivity index (χ1) is 11.6. The van der Waals surface area contributed by atoms with Crippen molar-refractivity contribution in [3.63, 3.8) is 0 Å². The number of anilines is 1. The molecule has 2 amide bonds. The second kappa shape index (κ2) is 5.83. The van der Waals surface area contributed by atoms with Gasteiger partial charge in [-0.15, -0.1) is 0 Å². The van der Waals surface area contributed by atoms with Gasteiger partial charge in [0, 0.05) is 10.6 Å². The maximum atomic E-state index is 12.5. The van der Waals surface area contributed by atoms with Crippen LogP contribution in [-0.4, -0.2) is 18.4 Å². The Morgan fingerprint density at radius 2 is 2.12 bits per heavy atom. The number of hydrogen-bond donors (Lipinski definition) is 2. The first-order valence-electron chi connectivity index (χ1n) is 7.76. The third-order valence-electron chi connectivity index (χ3n) is 4.36. The van der Waals surface area contributed by atoms with Gasteiger partial charge >= 0.3 is 0 Å². The number of aryl methyl sites for hydroxylation is 1. The Morgan fingerprint density at radius 3 is 3.00 bits per heavy atom. The summed E-state index contributed by atoms with van der Waals surface area (Å²) in [6.07, 6.45) is 1.76. The molecule has 5 nitrogen and oxygen atoms in total.